The van der Waals surface area contributed by atoms with Gasteiger partial charge in [0.1, 0.15) is 5.52 Å². The second kappa shape index (κ2) is 8.43. The van der Waals surface area contributed by atoms with E-state index in [1.807, 2.05) is 19.1 Å². The molecule has 2 heterocycles. The second-order valence-corrected chi connectivity index (χ2v) is 6.85. The molecule has 142 valence electrons. The Morgan fingerprint density at radius 3 is 2.89 bits per heavy atom. The maximum atomic E-state index is 12.7. The Morgan fingerprint density at radius 1 is 1.33 bits per heavy atom. The van der Waals surface area contributed by atoms with Gasteiger partial charge in [-0.3, -0.25) is 29.4 Å². The molecule has 1 N–H and O–H groups in total. The van der Waals surface area contributed by atoms with Gasteiger partial charge in [0.25, 0.3) is 5.91 Å². The summed E-state index contributed by atoms with van der Waals surface area (Å²) in [6, 6.07) is 3.68. The lowest BCUT2D eigenvalue weighted by Gasteiger charge is -2.23. The Hall–Kier alpha value is -2.55. The highest BCUT2D eigenvalue weighted by atomic mass is 79.9. The summed E-state index contributed by atoms with van der Waals surface area (Å²) in [4.78, 5) is 38.8. The summed E-state index contributed by atoms with van der Waals surface area (Å²) < 4.78 is 5.94. The van der Waals surface area contributed by atoms with Gasteiger partial charge in [0.05, 0.1) is 22.2 Å². The SMILES string of the molecule is CCCC(=O)OC(C)C(=O)N1CCN=C1Nc1ccc2nccnc2c1Br. The number of rotatable bonds is 5. The maximum absolute atomic E-state index is 12.7. The molecule has 27 heavy (non-hydrogen) atoms. The summed E-state index contributed by atoms with van der Waals surface area (Å²) in [6.45, 7) is 4.37. The zero-order valence-electron chi connectivity index (χ0n) is 15.1. The Kier molecular flexibility index (Phi) is 6.00. The van der Waals surface area contributed by atoms with Gasteiger partial charge >= 0.3 is 5.97 Å². The van der Waals surface area contributed by atoms with Crippen LogP contribution in [0.15, 0.2) is 34.0 Å². The highest BCUT2D eigenvalue weighted by Crippen LogP contribution is 2.29. The first-order valence-electron chi connectivity index (χ1n) is 8.72. The lowest BCUT2D eigenvalue weighted by molar-refractivity contribution is -0.157. The molecule has 1 aliphatic rings. The lowest BCUT2D eigenvalue weighted by Crippen LogP contribution is -2.44. The molecular weight excluding hydrogens is 414 g/mol. The Bertz CT molecular complexity index is 902. The normalized spacial score (nSPS) is 14.8. The van der Waals surface area contributed by atoms with E-state index in [4.69, 9.17) is 4.74 Å². The average Bonchev–Trinajstić information content (AvgIpc) is 3.12. The summed E-state index contributed by atoms with van der Waals surface area (Å²) in [5.74, 6) is -0.262. The van der Waals surface area contributed by atoms with E-state index in [9.17, 15) is 9.59 Å². The zero-order valence-corrected chi connectivity index (χ0v) is 16.7. The van der Waals surface area contributed by atoms with Crippen LogP contribution in [0.25, 0.3) is 11.0 Å². The topological polar surface area (TPSA) is 96.8 Å². The Balaban J connectivity index is 1.74. The van der Waals surface area contributed by atoms with Crippen LogP contribution in [0.3, 0.4) is 0 Å². The van der Waals surface area contributed by atoms with E-state index >= 15 is 0 Å². The van der Waals surface area contributed by atoms with Crippen LogP contribution in [-0.4, -0.2) is 51.9 Å². The summed E-state index contributed by atoms with van der Waals surface area (Å²) in [7, 11) is 0. The van der Waals surface area contributed by atoms with Crippen LogP contribution < -0.4 is 5.32 Å². The van der Waals surface area contributed by atoms with Crippen LogP contribution in [0.2, 0.25) is 0 Å². The van der Waals surface area contributed by atoms with Crippen molar-refractivity contribution in [2.75, 3.05) is 18.4 Å². The molecule has 0 fully saturated rings. The number of guanidine groups is 1. The number of halogens is 1. The molecule has 0 saturated carbocycles. The fourth-order valence-corrected chi connectivity index (χ4v) is 3.26. The largest absolute Gasteiger partial charge is 0.453 e. The molecule has 0 spiro atoms. The summed E-state index contributed by atoms with van der Waals surface area (Å²) in [5, 5.41) is 3.17. The minimum atomic E-state index is -0.861. The van der Waals surface area contributed by atoms with Crippen molar-refractivity contribution in [2.45, 2.75) is 32.8 Å². The van der Waals surface area contributed by atoms with E-state index in [1.54, 1.807) is 19.3 Å². The molecule has 1 atom stereocenters. The third-order valence-corrected chi connectivity index (χ3v) is 4.84. The van der Waals surface area contributed by atoms with Gasteiger partial charge in [-0.25, -0.2) is 0 Å². The minimum Gasteiger partial charge on any atom is -0.453 e. The number of ether oxygens (including phenoxy) is 1. The van der Waals surface area contributed by atoms with Crippen molar-refractivity contribution in [1.29, 1.82) is 0 Å². The van der Waals surface area contributed by atoms with E-state index in [0.29, 0.717) is 37.4 Å². The quantitative estimate of drug-likeness (QED) is 0.727. The number of anilines is 1. The van der Waals surface area contributed by atoms with Gasteiger partial charge < -0.3 is 10.1 Å². The standard InChI is InChI=1S/C18H20BrN5O3/c1-3-4-14(25)27-11(2)17(26)24-10-9-22-18(24)23-12-5-6-13-16(15(12)19)21-8-7-20-13/h5-8,11H,3-4,9-10H2,1-2H3,(H,22,23). The summed E-state index contributed by atoms with van der Waals surface area (Å²) in [6.07, 6.45) is 3.36. The molecule has 9 heteroatoms. The average molecular weight is 434 g/mol. The molecule has 1 aromatic carbocycles. The molecule has 1 unspecified atom stereocenters. The van der Waals surface area contributed by atoms with Gasteiger partial charge in [0.15, 0.2) is 6.10 Å². The number of carbonyl (C=O) groups excluding carboxylic acids is 2. The first-order valence-corrected chi connectivity index (χ1v) is 9.52. The van der Waals surface area contributed by atoms with Crippen molar-refractivity contribution in [1.82, 2.24) is 14.9 Å². The van der Waals surface area contributed by atoms with Crippen molar-refractivity contribution < 1.29 is 14.3 Å². The zero-order chi connectivity index (χ0) is 19.4. The maximum Gasteiger partial charge on any atom is 0.306 e. The smallest absolute Gasteiger partial charge is 0.306 e. The van der Waals surface area contributed by atoms with E-state index in [2.05, 4.69) is 36.2 Å². The molecule has 0 bridgehead atoms. The number of esters is 1. The number of nitrogens with zero attached hydrogens (tertiary/aromatic N) is 4. The number of amides is 1. The fraction of sp³-hybridized carbons (Fsp3) is 0.389. The van der Waals surface area contributed by atoms with Crippen LogP contribution in [-0.2, 0) is 14.3 Å². The molecule has 0 radical (unpaired) electrons. The van der Waals surface area contributed by atoms with Crippen LogP contribution in [0.5, 0.6) is 0 Å². The lowest BCUT2D eigenvalue weighted by atomic mass is 10.2. The van der Waals surface area contributed by atoms with E-state index in [0.717, 1.165) is 15.7 Å². The minimum absolute atomic E-state index is 0.294. The Morgan fingerprint density at radius 2 is 2.11 bits per heavy atom. The number of aromatic nitrogens is 2. The van der Waals surface area contributed by atoms with E-state index in [1.165, 1.54) is 4.90 Å². The molecule has 1 aliphatic heterocycles. The third kappa shape index (κ3) is 4.24. The molecule has 2 aromatic rings. The summed E-state index contributed by atoms with van der Waals surface area (Å²) >= 11 is 3.53. The van der Waals surface area contributed by atoms with E-state index < -0.39 is 6.10 Å². The van der Waals surface area contributed by atoms with Crippen LogP contribution in [0, 0.1) is 0 Å². The molecular formula is C18H20BrN5O3. The van der Waals surface area contributed by atoms with Gasteiger partial charge in [0, 0.05) is 25.4 Å². The first kappa shape index (κ1) is 19.2. The highest BCUT2D eigenvalue weighted by Gasteiger charge is 2.30. The number of benzene rings is 1. The van der Waals surface area contributed by atoms with Gasteiger partial charge in [0.2, 0.25) is 5.96 Å². The molecule has 1 aromatic heterocycles. The Labute approximate surface area is 165 Å². The van der Waals surface area contributed by atoms with Crippen molar-refractivity contribution in [3.05, 3.63) is 29.0 Å². The molecule has 0 aliphatic carbocycles. The van der Waals surface area contributed by atoms with Crippen LogP contribution in [0.4, 0.5) is 5.69 Å². The second-order valence-electron chi connectivity index (χ2n) is 6.05. The van der Waals surface area contributed by atoms with Crippen molar-refractivity contribution in [3.8, 4) is 0 Å². The van der Waals surface area contributed by atoms with Crippen molar-refractivity contribution >= 4 is 50.5 Å². The van der Waals surface area contributed by atoms with Gasteiger partial charge in [-0.15, -0.1) is 0 Å². The fourth-order valence-electron chi connectivity index (χ4n) is 2.72. The number of nitrogens with one attached hydrogen (secondary N) is 1. The molecule has 8 nitrogen and oxygen atoms in total. The van der Waals surface area contributed by atoms with E-state index in [-0.39, 0.29) is 11.9 Å². The first-order chi connectivity index (χ1) is 13.0. The van der Waals surface area contributed by atoms with Gasteiger partial charge in [-0.1, -0.05) is 6.92 Å². The number of hydrogen-bond acceptors (Lipinski definition) is 7. The number of hydrogen-bond donors (Lipinski definition) is 1. The predicted octanol–water partition coefficient (Wildman–Crippen LogP) is 2.73. The van der Waals surface area contributed by atoms with Gasteiger partial charge in [-0.2, -0.15) is 0 Å². The number of carbonyl (C=O) groups is 2. The number of fused-ring (bicyclic) bond motifs is 1. The molecule has 0 saturated heterocycles. The van der Waals surface area contributed by atoms with Gasteiger partial charge in [-0.05, 0) is 41.4 Å². The number of aliphatic imine (C=N–C) groups is 1. The monoisotopic (exact) mass is 433 g/mol. The predicted molar refractivity (Wildman–Crippen MR) is 105 cm³/mol. The van der Waals surface area contributed by atoms with Crippen LogP contribution >= 0.6 is 15.9 Å². The van der Waals surface area contributed by atoms with Crippen molar-refractivity contribution in [3.63, 3.8) is 0 Å². The van der Waals surface area contributed by atoms with Crippen molar-refractivity contribution in [2.24, 2.45) is 4.99 Å². The highest BCUT2D eigenvalue weighted by molar-refractivity contribution is 9.10. The molecule has 1 amide bonds. The molecule has 3 rings (SSSR count). The summed E-state index contributed by atoms with van der Waals surface area (Å²) in [5.41, 5.74) is 2.19. The van der Waals surface area contributed by atoms with Crippen LogP contribution in [0.1, 0.15) is 26.7 Å². The third-order valence-electron chi connectivity index (χ3n) is 4.04.